The number of aliphatic hydroxyl groups excluding tert-OH is 1. The van der Waals surface area contributed by atoms with E-state index in [1.165, 1.54) is 0 Å². The molecule has 12 atom stereocenters. The number of ketones is 1. The number of esters is 1. The summed E-state index contributed by atoms with van der Waals surface area (Å²) in [6.07, 6.45) is 1.48. The van der Waals surface area contributed by atoms with Crippen molar-refractivity contribution >= 4 is 17.8 Å². The molecule has 1 amide bonds. The smallest absolute Gasteiger partial charge is 0.410 e. The molecule has 0 aliphatic carbocycles. The fourth-order valence-electron chi connectivity index (χ4n) is 9.02. The van der Waals surface area contributed by atoms with E-state index >= 15 is 0 Å². The number of amides is 1. The van der Waals surface area contributed by atoms with E-state index in [0.717, 1.165) is 12.1 Å². The molecule has 5 rings (SSSR count). The van der Waals surface area contributed by atoms with E-state index in [1.54, 1.807) is 29.8 Å². The monoisotopic (exact) mass is 799 g/mol. The van der Waals surface area contributed by atoms with Gasteiger partial charge in [0, 0.05) is 44.4 Å². The third-order valence-corrected chi connectivity index (χ3v) is 12.2. The standard InChI is InChI=1S/C41H65N7O9/c1-11-33-41(7)36(48(39(52)57-41)19-15-14-18-47-24-30(44-45-47)29-16-12-13-17-42-29)28(5)43-23-25(2)22-40(6,53-10)37(27(4)32(49)21-34(50)55-33)56-38-35(51)31(46(8)9)20-26(3)54-38/h12-13,16-17,24-28,31,33,35-38,43,51H,11,14-15,18-23H2,1-10H3/t25-,26?,27+,28-,31?,33-,35?,36-,37-,38+,40-,41-/m1/s1. The minimum absolute atomic E-state index is 0.00202. The number of aryl methyl sites for hydroxylation is 1. The van der Waals surface area contributed by atoms with Crippen LogP contribution in [0, 0.1) is 11.8 Å². The van der Waals surface area contributed by atoms with Gasteiger partial charge in [-0.3, -0.25) is 24.2 Å². The molecule has 0 bridgehead atoms. The molecule has 0 radical (unpaired) electrons. The molecule has 3 aliphatic rings. The lowest BCUT2D eigenvalue weighted by Gasteiger charge is -2.46. The molecule has 0 saturated carbocycles. The van der Waals surface area contributed by atoms with Gasteiger partial charge in [-0.05, 0) is 98.5 Å². The second-order valence-corrected chi connectivity index (χ2v) is 16.9. The number of unbranched alkanes of at least 4 members (excludes halogenated alkanes) is 1. The van der Waals surface area contributed by atoms with Crippen molar-refractivity contribution in [1.29, 1.82) is 0 Å². The van der Waals surface area contributed by atoms with Gasteiger partial charge in [-0.15, -0.1) is 5.10 Å². The number of hydrogen-bond acceptors (Lipinski definition) is 14. The Morgan fingerprint density at radius 3 is 2.47 bits per heavy atom. The molecule has 2 aromatic rings. The molecule has 2 N–H and O–H groups in total. The molecule has 3 unspecified atom stereocenters. The molecule has 16 nitrogen and oxygen atoms in total. The molecule has 2 aromatic heterocycles. The number of methoxy groups -OCH3 is 1. The Kier molecular flexibility index (Phi) is 14.9. The molecule has 3 saturated heterocycles. The molecule has 3 aliphatic heterocycles. The zero-order chi connectivity index (χ0) is 41.7. The van der Waals surface area contributed by atoms with Crippen molar-refractivity contribution in [3.63, 3.8) is 0 Å². The van der Waals surface area contributed by atoms with E-state index in [-0.39, 0.29) is 24.1 Å². The SMILES string of the molecule is CC[C@H]1OC(=O)CC(=O)[C@H](C)[C@@H](O[C@@H]2OC(C)CC(N(C)C)C2O)[C@](C)(OC)C[C@@H](C)CN[C@H](C)[C@H]2N(CCCCn3cc(-c4ccccn4)nn3)C(=O)O[C@]12C. The molecule has 16 heteroatoms. The number of aromatic nitrogens is 4. The number of carbonyl (C=O) groups excluding carboxylic acids is 3. The summed E-state index contributed by atoms with van der Waals surface area (Å²) in [6, 6.07) is 4.63. The third-order valence-electron chi connectivity index (χ3n) is 12.2. The number of pyridine rings is 1. The second kappa shape index (κ2) is 19.0. The minimum atomic E-state index is -1.21. The zero-order valence-electron chi connectivity index (χ0n) is 35.4. The Morgan fingerprint density at radius 2 is 1.81 bits per heavy atom. The van der Waals surface area contributed by atoms with Crippen molar-refractivity contribution in [1.82, 2.24) is 35.1 Å². The predicted molar refractivity (Wildman–Crippen MR) is 211 cm³/mol. The van der Waals surface area contributed by atoms with Crippen molar-refractivity contribution in [3.8, 4) is 11.4 Å². The van der Waals surface area contributed by atoms with Crippen molar-refractivity contribution in [3.05, 3.63) is 30.6 Å². The largest absolute Gasteiger partial charge is 0.458 e. The molecular formula is C41H65N7O9. The Bertz CT molecular complexity index is 1650. The van der Waals surface area contributed by atoms with Crippen LogP contribution in [0.4, 0.5) is 4.79 Å². The number of likely N-dealkylation sites (N-methyl/N-ethyl adjacent to an activating group) is 1. The van der Waals surface area contributed by atoms with Crippen LogP contribution >= 0.6 is 0 Å². The van der Waals surface area contributed by atoms with Gasteiger partial charge in [-0.25, -0.2) is 4.79 Å². The number of cyclic esters (lactones) is 1. The number of Topliss-reactive ketones (excluding diaryl/α,β-unsaturated/α-hetero) is 1. The molecule has 3 fully saturated rings. The Hall–Kier alpha value is -3.54. The Labute approximate surface area is 337 Å². The number of ether oxygens (including phenoxy) is 5. The van der Waals surface area contributed by atoms with Crippen LogP contribution in [0.3, 0.4) is 0 Å². The highest BCUT2D eigenvalue weighted by atomic mass is 16.7. The van der Waals surface area contributed by atoms with E-state index in [1.807, 2.05) is 78.0 Å². The van der Waals surface area contributed by atoms with Crippen LogP contribution in [0.5, 0.6) is 0 Å². The van der Waals surface area contributed by atoms with Gasteiger partial charge < -0.3 is 39.0 Å². The van der Waals surface area contributed by atoms with E-state index in [9.17, 15) is 19.5 Å². The first kappa shape index (κ1) is 44.6. The quantitative estimate of drug-likeness (QED) is 0.190. The maximum absolute atomic E-state index is 14.0. The van der Waals surface area contributed by atoms with E-state index in [4.69, 9.17) is 23.7 Å². The van der Waals surface area contributed by atoms with Crippen LogP contribution in [0.1, 0.15) is 87.0 Å². The van der Waals surface area contributed by atoms with Gasteiger partial charge in [-0.2, -0.15) is 0 Å². The van der Waals surface area contributed by atoms with Crippen LogP contribution in [0.2, 0.25) is 0 Å². The van der Waals surface area contributed by atoms with E-state index in [0.29, 0.717) is 51.0 Å². The highest BCUT2D eigenvalue weighted by Gasteiger charge is 2.58. The van der Waals surface area contributed by atoms with Crippen molar-refractivity contribution < 1.29 is 43.2 Å². The number of nitrogens with zero attached hydrogens (tertiary/aromatic N) is 6. The summed E-state index contributed by atoms with van der Waals surface area (Å²) in [5, 5.41) is 23.6. The highest BCUT2D eigenvalue weighted by molar-refractivity contribution is 5.97. The van der Waals surface area contributed by atoms with Crippen molar-refractivity contribution in [2.75, 3.05) is 34.3 Å². The fraction of sp³-hybridized carbons (Fsp3) is 0.756. The molecule has 0 aromatic carbocycles. The number of rotatable bonds is 11. The van der Waals surface area contributed by atoms with Crippen LogP contribution in [0.15, 0.2) is 30.6 Å². The van der Waals surface area contributed by atoms with Gasteiger partial charge in [0.05, 0.1) is 35.7 Å². The van der Waals surface area contributed by atoms with Crippen LogP contribution < -0.4 is 5.32 Å². The molecule has 57 heavy (non-hydrogen) atoms. The lowest BCUT2D eigenvalue weighted by atomic mass is 9.80. The van der Waals surface area contributed by atoms with Gasteiger partial charge in [0.1, 0.15) is 30.1 Å². The first-order valence-electron chi connectivity index (χ1n) is 20.5. The minimum Gasteiger partial charge on any atom is -0.458 e. The summed E-state index contributed by atoms with van der Waals surface area (Å²) in [5.41, 5.74) is -0.803. The maximum atomic E-state index is 14.0. The normalized spacial score (nSPS) is 36.0. The van der Waals surface area contributed by atoms with Gasteiger partial charge in [0.15, 0.2) is 11.9 Å². The summed E-state index contributed by atoms with van der Waals surface area (Å²) in [4.78, 5) is 49.5. The van der Waals surface area contributed by atoms with E-state index < -0.39 is 72.0 Å². The zero-order valence-corrected chi connectivity index (χ0v) is 35.4. The van der Waals surface area contributed by atoms with Gasteiger partial charge in [-0.1, -0.05) is 32.1 Å². The van der Waals surface area contributed by atoms with Crippen molar-refractivity contribution in [2.24, 2.45) is 11.8 Å². The molecule has 0 spiro atoms. The van der Waals surface area contributed by atoms with Gasteiger partial charge >= 0.3 is 12.1 Å². The Balaban J connectivity index is 1.36. The number of fused-ring (bicyclic) bond motifs is 1. The van der Waals surface area contributed by atoms with Crippen LogP contribution in [-0.2, 0) is 39.8 Å². The number of hydrogen-bond donors (Lipinski definition) is 2. The van der Waals surface area contributed by atoms with Crippen molar-refractivity contribution in [2.45, 2.75) is 154 Å². The first-order chi connectivity index (χ1) is 27.0. The van der Waals surface area contributed by atoms with Gasteiger partial charge in [0.2, 0.25) is 0 Å². The summed E-state index contributed by atoms with van der Waals surface area (Å²) in [6.45, 7) is 14.9. The average molecular weight is 800 g/mol. The third kappa shape index (κ3) is 10.2. The van der Waals surface area contributed by atoms with Crippen LogP contribution in [-0.4, -0.2) is 147 Å². The second-order valence-electron chi connectivity index (χ2n) is 16.9. The number of aliphatic hydroxyl groups is 1. The summed E-state index contributed by atoms with van der Waals surface area (Å²) in [5.74, 6) is -1.95. The van der Waals surface area contributed by atoms with E-state index in [2.05, 4.69) is 27.5 Å². The van der Waals surface area contributed by atoms with Gasteiger partial charge in [0.25, 0.3) is 0 Å². The molecule has 318 valence electrons. The first-order valence-corrected chi connectivity index (χ1v) is 20.5. The Morgan fingerprint density at radius 1 is 1.07 bits per heavy atom. The number of carbonyl (C=O) groups is 3. The highest BCUT2D eigenvalue weighted by Crippen LogP contribution is 2.39. The maximum Gasteiger partial charge on any atom is 0.410 e. The fourth-order valence-corrected chi connectivity index (χ4v) is 9.02. The number of nitrogens with one attached hydrogen (secondary N) is 1. The summed E-state index contributed by atoms with van der Waals surface area (Å²) >= 11 is 0. The van der Waals surface area contributed by atoms with Crippen LogP contribution in [0.25, 0.3) is 11.4 Å². The lowest BCUT2D eigenvalue weighted by Crippen LogP contribution is -2.60. The topological polar surface area (TPSA) is 180 Å². The summed E-state index contributed by atoms with van der Waals surface area (Å²) < 4.78 is 33.0. The summed E-state index contributed by atoms with van der Waals surface area (Å²) in [7, 11) is 5.39. The average Bonchev–Trinajstić information content (AvgIpc) is 3.75. The predicted octanol–water partition coefficient (Wildman–Crippen LogP) is 3.85. The lowest BCUT2D eigenvalue weighted by molar-refractivity contribution is -0.295. The molecular weight excluding hydrogens is 734 g/mol. The molecule has 5 heterocycles.